The predicted molar refractivity (Wildman–Crippen MR) is 207 cm³/mol. The van der Waals surface area contributed by atoms with Gasteiger partial charge < -0.3 is 20.1 Å². The highest BCUT2D eigenvalue weighted by molar-refractivity contribution is 6.29. The topological polar surface area (TPSA) is 174 Å². The number of pyridine rings is 2. The van der Waals surface area contributed by atoms with Crippen molar-refractivity contribution in [3.8, 4) is 11.8 Å². The van der Waals surface area contributed by atoms with E-state index in [1.165, 1.54) is 22.9 Å². The van der Waals surface area contributed by atoms with Crippen LogP contribution < -0.4 is 11.4 Å². The second-order valence-corrected chi connectivity index (χ2v) is 16.0. The molecule has 14 nitrogen and oxygen atoms in total. The van der Waals surface area contributed by atoms with E-state index in [4.69, 9.17) is 17.3 Å². The number of fused-ring (bicyclic) bond motifs is 4. The van der Waals surface area contributed by atoms with Crippen LogP contribution in [-0.4, -0.2) is 81.4 Å². The van der Waals surface area contributed by atoms with E-state index in [0.29, 0.717) is 42.7 Å². The van der Waals surface area contributed by atoms with E-state index < -0.39 is 17.4 Å². The molecular formula is C40H39ClFN11O3. The Bertz CT molecular complexity index is 2650. The van der Waals surface area contributed by atoms with Crippen molar-refractivity contribution in [3.05, 3.63) is 110 Å². The molecule has 2 amide bonds. The number of halogens is 2. The van der Waals surface area contributed by atoms with Gasteiger partial charge in [-0.25, -0.2) is 24.1 Å². The standard InChI is InChI=1S/C40H39ClFN11O3/c1-40(2,3)22-49-14-10-25(11-15-49)53-36-33(32(34(44)54)47-38(41)48-36)52(39(53)56)26-8-9-30(46-19-26)37(55)50-16-12-27-28-5-4-13-45-35(28)51(31(27)21-50)20-24-7-6-23(18-43)17-29(24)42/h4-9,13,17,19,25H,10-12,14-16,20-22H2,1-3H3,(H2,44,54). The molecule has 0 saturated carbocycles. The van der Waals surface area contributed by atoms with Gasteiger partial charge in [-0.15, -0.1) is 0 Å². The smallest absolute Gasteiger partial charge is 0.335 e. The van der Waals surface area contributed by atoms with Crippen LogP contribution in [0, 0.1) is 22.6 Å². The van der Waals surface area contributed by atoms with Crippen molar-refractivity contribution in [1.29, 1.82) is 5.26 Å². The van der Waals surface area contributed by atoms with Gasteiger partial charge in [0.25, 0.3) is 11.8 Å². The first-order valence-electron chi connectivity index (χ1n) is 18.4. The van der Waals surface area contributed by atoms with Gasteiger partial charge in [0.15, 0.2) is 11.3 Å². The van der Waals surface area contributed by atoms with Crippen molar-refractivity contribution in [1.82, 2.24) is 43.4 Å². The Kier molecular flexibility index (Phi) is 9.42. The van der Waals surface area contributed by atoms with Crippen LogP contribution in [0.2, 0.25) is 5.28 Å². The van der Waals surface area contributed by atoms with Crippen LogP contribution in [-0.2, 0) is 19.5 Å². The van der Waals surface area contributed by atoms with E-state index in [2.05, 4.69) is 45.6 Å². The number of amides is 2. The van der Waals surface area contributed by atoms with Crippen molar-refractivity contribution >= 4 is 45.6 Å². The summed E-state index contributed by atoms with van der Waals surface area (Å²) in [5.74, 6) is -1.70. The molecule has 0 aliphatic carbocycles. The molecule has 1 saturated heterocycles. The molecular weight excluding hydrogens is 737 g/mol. The van der Waals surface area contributed by atoms with Gasteiger partial charge in [-0.2, -0.15) is 10.2 Å². The zero-order valence-corrected chi connectivity index (χ0v) is 31.9. The number of imidazole rings is 1. The Balaban J connectivity index is 1.11. The molecule has 7 heterocycles. The van der Waals surface area contributed by atoms with Crippen molar-refractivity contribution in [3.63, 3.8) is 0 Å². The summed E-state index contributed by atoms with van der Waals surface area (Å²) in [6, 6.07) is 13.1. The molecule has 0 bridgehead atoms. The van der Waals surface area contributed by atoms with Crippen molar-refractivity contribution in [2.45, 2.75) is 59.2 Å². The normalized spacial score (nSPS) is 15.3. The van der Waals surface area contributed by atoms with E-state index in [1.54, 1.807) is 33.9 Å². The second-order valence-electron chi connectivity index (χ2n) is 15.6. The molecule has 0 radical (unpaired) electrons. The van der Waals surface area contributed by atoms with Crippen molar-refractivity contribution in [2.75, 3.05) is 26.2 Å². The number of primary amides is 1. The van der Waals surface area contributed by atoms with Gasteiger partial charge in [-0.05, 0) is 78.2 Å². The molecule has 16 heteroatoms. The van der Waals surface area contributed by atoms with Gasteiger partial charge in [0.1, 0.15) is 22.7 Å². The lowest BCUT2D eigenvalue weighted by Gasteiger charge is -2.36. The molecule has 286 valence electrons. The first-order valence-corrected chi connectivity index (χ1v) is 18.8. The summed E-state index contributed by atoms with van der Waals surface area (Å²) < 4.78 is 19.9. The number of hydrogen-bond donors (Lipinski definition) is 1. The lowest BCUT2D eigenvalue weighted by atomic mass is 9.94. The number of likely N-dealkylation sites (tertiary alicyclic amines) is 1. The van der Waals surface area contributed by atoms with Crippen LogP contribution in [0.15, 0.2) is 59.7 Å². The molecule has 2 aliphatic heterocycles. The fourth-order valence-corrected chi connectivity index (χ4v) is 8.32. The van der Waals surface area contributed by atoms with Crippen LogP contribution in [0.4, 0.5) is 4.39 Å². The summed E-state index contributed by atoms with van der Waals surface area (Å²) >= 11 is 6.28. The van der Waals surface area contributed by atoms with Gasteiger partial charge in [0.05, 0.1) is 36.6 Å². The Morgan fingerprint density at radius 3 is 2.52 bits per heavy atom. The minimum atomic E-state index is -0.871. The first-order chi connectivity index (χ1) is 26.8. The van der Waals surface area contributed by atoms with Crippen LogP contribution in [0.25, 0.3) is 27.9 Å². The minimum absolute atomic E-state index is 0.119. The number of carbonyl (C=O) groups is 2. The summed E-state index contributed by atoms with van der Waals surface area (Å²) in [6.07, 6.45) is 5.01. The van der Waals surface area contributed by atoms with E-state index >= 15 is 4.39 Å². The molecule has 0 unspecified atom stereocenters. The number of aromatic nitrogens is 7. The molecule has 1 fully saturated rings. The van der Waals surface area contributed by atoms with Gasteiger partial charge in [-0.1, -0.05) is 26.8 Å². The highest BCUT2D eigenvalue weighted by Crippen LogP contribution is 2.33. The summed E-state index contributed by atoms with van der Waals surface area (Å²) in [5, 5.41) is 9.95. The highest BCUT2D eigenvalue weighted by Gasteiger charge is 2.32. The number of nitrogens with two attached hydrogens (primary N) is 1. The SMILES string of the molecule is CC(C)(C)CN1CCC(n2c(=O)n(-c3ccc(C(=O)N4CCc5c(n(Cc6ccc(C#N)cc6F)c6ncccc56)C4)nc3)c3c(C(N)=O)nc(Cl)nc32)CC1. The second kappa shape index (κ2) is 14.3. The minimum Gasteiger partial charge on any atom is -0.364 e. The number of benzene rings is 1. The molecule has 2 aliphatic rings. The van der Waals surface area contributed by atoms with E-state index in [-0.39, 0.29) is 63.9 Å². The average molecular weight is 776 g/mol. The average Bonchev–Trinajstić information content (AvgIpc) is 3.64. The fraction of sp³-hybridized carbons (Fsp3) is 0.350. The van der Waals surface area contributed by atoms with Crippen LogP contribution >= 0.6 is 11.6 Å². The van der Waals surface area contributed by atoms with E-state index in [1.807, 2.05) is 22.8 Å². The van der Waals surface area contributed by atoms with Crippen LogP contribution in [0.1, 0.15) is 83.0 Å². The molecule has 1 aromatic carbocycles. The van der Waals surface area contributed by atoms with E-state index in [9.17, 15) is 19.6 Å². The summed E-state index contributed by atoms with van der Waals surface area (Å²) in [7, 11) is 0. The number of carbonyl (C=O) groups excluding carboxylic acids is 2. The lowest BCUT2D eigenvalue weighted by Crippen LogP contribution is -2.41. The quantitative estimate of drug-likeness (QED) is 0.219. The maximum absolute atomic E-state index is 15.1. The van der Waals surface area contributed by atoms with Crippen LogP contribution in [0.5, 0.6) is 0 Å². The van der Waals surface area contributed by atoms with Crippen molar-refractivity contribution < 1.29 is 14.0 Å². The molecule has 0 atom stereocenters. The molecule has 56 heavy (non-hydrogen) atoms. The zero-order chi connectivity index (χ0) is 39.5. The molecule has 6 aromatic rings. The van der Waals surface area contributed by atoms with Gasteiger partial charge in [0.2, 0.25) is 5.28 Å². The number of rotatable bonds is 7. The Hall–Kier alpha value is -5.98. The van der Waals surface area contributed by atoms with Gasteiger partial charge >= 0.3 is 5.69 Å². The number of nitriles is 1. The highest BCUT2D eigenvalue weighted by atomic mass is 35.5. The third kappa shape index (κ3) is 6.69. The molecule has 0 spiro atoms. The summed E-state index contributed by atoms with van der Waals surface area (Å²) in [5.41, 5.74) is 9.19. The Labute approximate surface area is 326 Å². The maximum Gasteiger partial charge on any atom is 0.335 e. The summed E-state index contributed by atoms with van der Waals surface area (Å²) in [4.78, 5) is 62.8. The van der Waals surface area contributed by atoms with Gasteiger partial charge in [0, 0.05) is 55.1 Å². The zero-order valence-electron chi connectivity index (χ0n) is 31.2. The lowest BCUT2D eigenvalue weighted by molar-refractivity contribution is 0.0724. The monoisotopic (exact) mass is 775 g/mol. The summed E-state index contributed by atoms with van der Waals surface area (Å²) in [6.45, 7) is 9.87. The molecule has 2 N–H and O–H groups in total. The predicted octanol–water partition coefficient (Wildman–Crippen LogP) is 5.02. The van der Waals surface area contributed by atoms with Gasteiger partial charge in [-0.3, -0.25) is 18.7 Å². The number of nitrogens with zero attached hydrogens (tertiary/aromatic N) is 10. The Morgan fingerprint density at radius 2 is 1.84 bits per heavy atom. The fourth-order valence-electron chi connectivity index (χ4n) is 8.16. The third-order valence-electron chi connectivity index (χ3n) is 10.6. The molecule has 8 rings (SSSR count). The van der Waals surface area contributed by atoms with Crippen LogP contribution in [0.3, 0.4) is 0 Å². The molecule has 5 aromatic heterocycles. The number of piperidine rings is 1. The Morgan fingerprint density at radius 1 is 1.05 bits per heavy atom. The first kappa shape index (κ1) is 37.0. The van der Waals surface area contributed by atoms with E-state index in [0.717, 1.165) is 36.3 Å². The van der Waals surface area contributed by atoms with Crippen molar-refractivity contribution in [2.24, 2.45) is 11.1 Å². The third-order valence-corrected chi connectivity index (χ3v) is 10.7. The largest absolute Gasteiger partial charge is 0.364 e. The number of hydrogen-bond acceptors (Lipinski definition) is 9. The maximum atomic E-state index is 15.1.